The van der Waals surface area contributed by atoms with Gasteiger partial charge in [0.05, 0.1) is 0 Å². The van der Waals surface area contributed by atoms with Crippen molar-refractivity contribution in [3.05, 3.63) is 23.8 Å². The lowest BCUT2D eigenvalue weighted by Gasteiger charge is -2.26. The van der Waals surface area contributed by atoms with Gasteiger partial charge in [0.15, 0.2) is 0 Å². The number of hydrogen-bond acceptors (Lipinski definition) is 4. The van der Waals surface area contributed by atoms with Crippen molar-refractivity contribution in [3.8, 4) is 11.5 Å². The predicted octanol–water partition coefficient (Wildman–Crippen LogP) is 7.77. The fourth-order valence-electron chi connectivity index (χ4n) is 3.23. The van der Waals surface area contributed by atoms with Crippen LogP contribution in [0.3, 0.4) is 0 Å². The molecular weight excluding hydrogens is 437 g/mol. The molecule has 7 heteroatoms. The first kappa shape index (κ1) is 28.0. The lowest BCUT2D eigenvalue weighted by atomic mass is 10.0. The molecule has 178 valence electrons. The minimum Gasteiger partial charge on any atom is -0.542 e. The number of hydrogen-bond donors (Lipinski definition) is 0. The van der Waals surface area contributed by atoms with E-state index in [1.165, 1.54) is 31.2 Å². The molecule has 4 nitrogen and oxygen atoms in total. The zero-order valence-electron chi connectivity index (χ0n) is 21.5. The van der Waals surface area contributed by atoms with Crippen molar-refractivity contribution in [3.63, 3.8) is 0 Å². The molecular formula is C24H46O4Si3. The molecule has 1 rings (SSSR count). The van der Waals surface area contributed by atoms with Crippen molar-refractivity contribution < 1.29 is 18.1 Å². The Labute approximate surface area is 194 Å². The van der Waals surface area contributed by atoms with E-state index in [1.807, 2.05) is 0 Å². The van der Waals surface area contributed by atoms with Gasteiger partial charge in [-0.15, -0.1) is 0 Å². The molecule has 0 saturated carbocycles. The molecule has 0 aromatic heterocycles. The van der Waals surface area contributed by atoms with Gasteiger partial charge < -0.3 is 13.3 Å². The quantitative estimate of drug-likeness (QED) is 0.201. The molecule has 0 aliphatic carbocycles. The second-order valence-electron chi connectivity index (χ2n) is 11.4. The van der Waals surface area contributed by atoms with Crippen LogP contribution in [0.4, 0.5) is 0 Å². The summed E-state index contributed by atoms with van der Waals surface area (Å²) < 4.78 is 18.1. The monoisotopic (exact) mass is 482 g/mol. The molecule has 0 spiro atoms. The standard InChI is InChI=1S/C24H46O4Si3/c1-29(2,3)26-22-19-18-21(20-23(22)27-30(4,5)6)16-14-12-10-11-13-15-17-24(25)28-31(7,8)9/h18-20H,10-17H2,1-9H3. The van der Waals surface area contributed by atoms with E-state index in [0.29, 0.717) is 6.42 Å². The Kier molecular flexibility index (Phi) is 11.1. The molecule has 1 aromatic carbocycles. The Morgan fingerprint density at radius 1 is 0.677 bits per heavy atom. The zero-order valence-corrected chi connectivity index (χ0v) is 24.5. The van der Waals surface area contributed by atoms with E-state index >= 15 is 0 Å². The van der Waals surface area contributed by atoms with Crippen LogP contribution < -0.4 is 8.85 Å². The first-order valence-electron chi connectivity index (χ1n) is 11.9. The first-order valence-corrected chi connectivity index (χ1v) is 22.1. The lowest BCUT2D eigenvalue weighted by Crippen LogP contribution is -2.32. The fraction of sp³-hybridized carbons (Fsp3) is 0.708. The normalized spacial score (nSPS) is 12.5. The fourth-order valence-corrected chi connectivity index (χ4v) is 5.66. The summed E-state index contributed by atoms with van der Waals surface area (Å²) >= 11 is 0. The molecule has 0 N–H and O–H groups in total. The highest BCUT2D eigenvalue weighted by molar-refractivity contribution is 6.71. The molecule has 0 aliphatic heterocycles. The van der Waals surface area contributed by atoms with Crippen molar-refractivity contribution in [2.45, 2.75) is 110 Å². The van der Waals surface area contributed by atoms with Crippen LogP contribution in [0.25, 0.3) is 0 Å². The molecule has 0 bridgehead atoms. The Hall–Kier alpha value is -1.06. The average molecular weight is 483 g/mol. The van der Waals surface area contributed by atoms with Crippen molar-refractivity contribution in [1.29, 1.82) is 0 Å². The van der Waals surface area contributed by atoms with Gasteiger partial charge in [0.2, 0.25) is 25.0 Å². The highest BCUT2D eigenvalue weighted by Crippen LogP contribution is 2.33. The van der Waals surface area contributed by atoms with E-state index in [9.17, 15) is 4.79 Å². The van der Waals surface area contributed by atoms with Crippen molar-refractivity contribution in [2.75, 3.05) is 0 Å². The third-order valence-electron chi connectivity index (χ3n) is 4.36. The van der Waals surface area contributed by atoms with E-state index in [-0.39, 0.29) is 5.97 Å². The number of aryl methyl sites for hydroxylation is 1. The largest absolute Gasteiger partial charge is 0.542 e. The maximum absolute atomic E-state index is 11.8. The Morgan fingerprint density at radius 2 is 1.19 bits per heavy atom. The van der Waals surface area contributed by atoms with Gasteiger partial charge in [-0.1, -0.05) is 31.7 Å². The summed E-state index contributed by atoms with van der Waals surface area (Å²) in [7, 11) is -5.12. The summed E-state index contributed by atoms with van der Waals surface area (Å²) in [5.74, 6) is 1.80. The lowest BCUT2D eigenvalue weighted by molar-refractivity contribution is -0.135. The van der Waals surface area contributed by atoms with Crippen molar-refractivity contribution >= 4 is 30.9 Å². The minimum absolute atomic E-state index is 0.0166. The van der Waals surface area contributed by atoms with E-state index in [1.54, 1.807) is 0 Å². The van der Waals surface area contributed by atoms with Crippen LogP contribution in [0.1, 0.15) is 50.5 Å². The highest BCUT2D eigenvalue weighted by Gasteiger charge is 2.23. The van der Waals surface area contributed by atoms with Gasteiger partial charge in [-0.25, -0.2) is 0 Å². The van der Waals surface area contributed by atoms with Gasteiger partial charge in [-0.2, -0.15) is 0 Å². The Bertz CT molecular complexity index is 686. The van der Waals surface area contributed by atoms with Crippen LogP contribution in [0.15, 0.2) is 18.2 Å². The van der Waals surface area contributed by atoms with Crippen LogP contribution in [0.2, 0.25) is 58.9 Å². The molecule has 0 amide bonds. The molecule has 0 radical (unpaired) electrons. The molecule has 0 fully saturated rings. The summed E-state index contributed by atoms with van der Waals surface area (Å²) in [6.07, 6.45) is 8.49. The molecule has 0 aliphatic rings. The SMILES string of the molecule is C[Si](C)(C)OC(=O)CCCCCCCCc1ccc(O[Si](C)(C)C)c(O[Si](C)(C)C)c1. The smallest absolute Gasteiger partial charge is 0.292 e. The molecule has 0 unspecified atom stereocenters. The molecule has 0 atom stereocenters. The molecule has 0 saturated heterocycles. The number of rotatable bonds is 14. The van der Waals surface area contributed by atoms with E-state index in [0.717, 1.165) is 30.8 Å². The van der Waals surface area contributed by atoms with Crippen LogP contribution in [-0.4, -0.2) is 30.9 Å². The number of carbonyl (C=O) groups excluding carboxylic acids is 1. The van der Waals surface area contributed by atoms with Crippen molar-refractivity contribution in [1.82, 2.24) is 0 Å². The second-order valence-corrected chi connectivity index (χ2v) is 24.7. The molecule has 1 aromatic rings. The molecule has 0 heterocycles. The van der Waals surface area contributed by atoms with Gasteiger partial charge >= 0.3 is 0 Å². The van der Waals surface area contributed by atoms with Crippen LogP contribution in [-0.2, 0) is 15.6 Å². The third-order valence-corrected chi connectivity index (χ3v) is 6.86. The average Bonchev–Trinajstić information content (AvgIpc) is 2.55. The van der Waals surface area contributed by atoms with Crippen LogP contribution >= 0.6 is 0 Å². The van der Waals surface area contributed by atoms with Crippen molar-refractivity contribution in [2.24, 2.45) is 0 Å². The van der Waals surface area contributed by atoms with Crippen LogP contribution in [0, 0.1) is 0 Å². The topological polar surface area (TPSA) is 44.8 Å². The van der Waals surface area contributed by atoms with Gasteiger partial charge in [0.1, 0.15) is 11.5 Å². The Balaban J connectivity index is 2.40. The Morgan fingerprint density at radius 3 is 1.74 bits per heavy atom. The molecule has 31 heavy (non-hydrogen) atoms. The third kappa shape index (κ3) is 14.6. The second kappa shape index (κ2) is 12.3. The van der Waals surface area contributed by atoms with Gasteiger partial charge in [-0.05, 0) is 95.9 Å². The predicted molar refractivity (Wildman–Crippen MR) is 140 cm³/mol. The van der Waals surface area contributed by atoms with E-state index in [2.05, 4.69) is 77.1 Å². The van der Waals surface area contributed by atoms with Crippen LogP contribution in [0.5, 0.6) is 11.5 Å². The number of unbranched alkanes of at least 4 members (excludes halogenated alkanes) is 5. The summed E-state index contributed by atoms with van der Waals surface area (Å²) in [4.78, 5) is 11.8. The zero-order chi connectivity index (χ0) is 23.7. The van der Waals surface area contributed by atoms with Gasteiger partial charge in [0.25, 0.3) is 5.97 Å². The summed E-state index contributed by atoms with van der Waals surface area (Å²) in [5.41, 5.74) is 1.32. The first-order chi connectivity index (χ1) is 14.1. The maximum atomic E-state index is 11.8. The summed E-state index contributed by atoms with van der Waals surface area (Å²) in [5, 5.41) is 0. The number of benzene rings is 1. The van der Waals surface area contributed by atoms with Gasteiger partial charge in [0, 0.05) is 6.42 Å². The van der Waals surface area contributed by atoms with E-state index in [4.69, 9.17) is 13.3 Å². The summed E-state index contributed by atoms with van der Waals surface area (Å²) in [6, 6.07) is 6.48. The number of carbonyl (C=O) groups is 1. The minimum atomic E-state index is -1.73. The van der Waals surface area contributed by atoms with E-state index < -0.39 is 25.0 Å². The highest BCUT2D eigenvalue weighted by atomic mass is 28.4. The maximum Gasteiger partial charge on any atom is 0.292 e. The van der Waals surface area contributed by atoms with Gasteiger partial charge in [-0.3, -0.25) is 4.79 Å². The summed E-state index contributed by atoms with van der Waals surface area (Å²) in [6.45, 7) is 19.4.